The van der Waals surface area contributed by atoms with E-state index in [-0.39, 0.29) is 17.1 Å². The highest BCUT2D eigenvalue weighted by Crippen LogP contribution is 2.63. The Labute approximate surface area is 164 Å². The minimum Gasteiger partial charge on any atom is -0.508 e. The van der Waals surface area contributed by atoms with Gasteiger partial charge in [0.25, 0.3) is 0 Å². The number of aryl methyl sites for hydroxylation is 1. The lowest BCUT2D eigenvalue weighted by molar-refractivity contribution is -0.0642. The number of ether oxygens (including phenoxy) is 1. The molecule has 1 unspecified atom stereocenters. The van der Waals surface area contributed by atoms with Crippen molar-refractivity contribution in [2.45, 2.75) is 83.8 Å². The molecule has 2 fully saturated rings. The summed E-state index contributed by atoms with van der Waals surface area (Å²) >= 11 is 0. The van der Waals surface area contributed by atoms with Gasteiger partial charge in [0.15, 0.2) is 0 Å². The van der Waals surface area contributed by atoms with Gasteiger partial charge in [0.2, 0.25) is 0 Å². The second-order valence-corrected chi connectivity index (χ2v) is 10.5. The summed E-state index contributed by atoms with van der Waals surface area (Å²) in [7, 11) is 0. The van der Waals surface area contributed by atoms with Gasteiger partial charge < -0.3 is 14.9 Å². The van der Waals surface area contributed by atoms with Crippen LogP contribution >= 0.6 is 0 Å². The van der Waals surface area contributed by atoms with Crippen molar-refractivity contribution in [3.63, 3.8) is 0 Å². The van der Waals surface area contributed by atoms with E-state index in [2.05, 4.69) is 33.8 Å². The fraction of sp³-hybridized carbons (Fsp3) is 0.750. The Morgan fingerprint density at radius 3 is 2.70 bits per heavy atom. The number of benzene rings is 1. The predicted octanol–water partition coefficient (Wildman–Crippen LogP) is 5.04. The summed E-state index contributed by atoms with van der Waals surface area (Å²) in [6.07, 6.45) is 6.34. The molecule has 0 radical (unpaired) electrons. The zero-order valence-electron chi connectivity index (χ0n) is 17.4. The molecule has 0 saturated heterocycles. The highest BCUT2D eigenvalue weighted by molar-refractivity contribution is 5.40. The summed E-state index contributed by atoms with van der Waals surface area (Å²) in [5.41, 5.74) is 2.74. The van der Waals surface area contributed by atoms with Gasteiger partial charge in [-0.2, -0.15) is 0 Å². The highest BCUT2D eigenvalue weighted by Gasteiger charge is 2.57. The van der Waals surface area contributed by atoms with E-state index in [1.807, 2.05) is 12.1 Å². The number of phenols is 1. The van der Waals surface area contributed by atoms with E-state index in [9.17, 15) is 10.2 Å². The molecule has 6 atom stereocenters. The van der Waals surface area contributed by atoms with Crippen molar-refractivity contribution in [3.05, 3.63) is 29.3 Å². The van der Waals surface area contributed by atoms with Crippen LogP contribution in [-0.4, -0.2) is 28.5 Å². The van der Waals surface area contributed by atoms with Crippen LogP contribution in [0.2, 0.25) is 0 Å². The van der Waals surface area contributed by atoms with Crippen molar-refractivity contribution in [2.24, 2.45) is 23.2 Å². The largest absolute Gasteiger partial charge is 0.508 e. The van der Waals surface area contributed by atoms with E-state index >= 15 is 0 Å². The molecule has 0 aromatic heterocycles. The van der Waals surface area contributed by atoms with Crippen LogP contribution in [0.15, 0.2) is 18.2 Å². The van der Waals surface area contributed by atoms with Crippen LogP contribution in [0, 0.1) is 23.2 Å². The molecule has 0 heterocycles. The Kier molecular flexibility index (Phi) is 4.83. The molecule has 0 amide bonds. The van der Waals surface area contributed by atoms with Gasteiger partial charge in [-0.3, -0.25) is 0 Å². The standard InChI is InChI=1S/C24H36O3/c1-23(2,3)27-12-11-16-14-24(4)20(9-10-21(24)26)19-7-5-15-13-17(25)6-8-18(15)22(16)19/h6,8,13,16,19-22,25-26H,5,7,9-12,14H2,1-4H3/t16-,19-,20-,21?,22+,24-/m0/s1. The summed E-state index contributed by atoms with van der Waals surface area (Å²) in [6, 6.07) is 6.01. The molecule has 3 aliphatic rings. The Morgan fingerprint density at radius 2 is 1.96 bits per heavy atom. The number of aromatic hydroxyl groups is 1. The van der Waals surface area contributed by atoms with E-state index in [4.69, 9.17) is 4.74 Å². The number of hydrogen-bond donors (Lipinski definition) is 2. The zero-order valence-corrected chi connectivity index (χ0v) is 17.4. The Morgan fingerprint density at radius 1 is 1.19 bits per heavy atom. The van der Waals surface area contributed by atoms with E-state index in [0.29, 0.717) is 29.4 Å². The Bertz CT molecular complexity index is 691. The molecule has 0 spiro atoms. The van der Waals surface area contributed by atoms with E-state index in [0.717, 1.165) is 38.7 Å². The molecule has 2 saturated carbocycles. The zero-order chi connectivity index (χ0) is 19.4. The quantitative estimate of drug-likeness (QED) is 0.781. The first-order valence-electron chi connectivity index (χ1n) is 10.8. The lowest BCUT2D eigenvalue weighted by Crippen LogP contribution is -2.48. The van der Waals surface area contributed by atoms with Crippen molar-refractivity contribution in [2.75, 3.05) is 6.61 Å². The lowest BCUT2D eigenvalue weighted by atomic mass is 9.51. The van der Waals surface area contributed by atoms with Gasteiger partial charge in [-0.25, -0.2) is 0 Å². The van der Waals surface area contributed by atoms with Crippen molar-refractivity contribution >= 4 is 0 Å². The summed E-state index contributed by atoms with van der Waals surface area (Å²) < 4.78 is 6.09. The maximum atomic E-state index is 10.8. The SMILES string of the molecule is CC(C)(C)OCC[C@H]1C[C@]2(C)C(O)CC[C@H]2[C@@H]2CCc3cc(O)ccc3[C@@H]12. The highest BCUT2D eigenvalue weighted by atomic mass is 16.5. The van der Waals surface area contributed by atoms with Crippen LogP contribution in [0.3, 0.4) is 0 Å². The molecule has 150 valence electrons. The fourth-order valence-electron chi connectivity index (χ4n) is 6.65. The van der Waals surface area contributed by atoms with Gasteiger partial charge in [0, 0.05) is 6.61 Å². The number of phenolic OH excluding ortho intramolecular Hbond substituents is 1. The summed E-state index contributed by atoms with van der Waals surface area (Å²) in [6.45, 7) is 9.48. The maximum Gasteiger partial charge on any atom is 0.115 e. The smallest absolute Gasteiger partial charge is 0.115 e. The third kappa shape index (κ3) is 3.42. The van der Waals surface area contributed by atoms with Crippen molar-refractivity contribution in [1.29, 1.82) is 0 Å². The normalized spacial score (nSPS) is 38.2. The number of aliphatic hydroxyl groups excluding tert-OH is 1. The first-order chi connectivity index (χ1) is 12.7. The number of aliphatic hydroxyl groups is 1. The van der Waals surface area contributed by atoms with Crippen LogP contribution in [0.25, 0.3) is 0 Å². The first-order valence-corrected chi connectivity index (χ1v) is 10.8. The molecular weight excluding hydrogens is 336 g/mol. The van der Waals surface area contributed by atoms with Gasteiger partial charge in [-0.15, -0.1) is 0 Å². The molecular formula is C24H36O3. The number of rotatable bonds is 3. The minimum absolute atomic E-state index is 0.0575. The topological polar surface area (TPSA) is 49.7 Å². The molecule has 3 aliphatic carbocycles. The molecule has 0 bridgehead atoms. The molecule has 2 N–H and O–H groups in total. The average molecular weight is 373 g/mol. The van der Waals surface area contributed by atoms with Crippen LogP contribution in [0.1, 0.15) is 76.8 Å². The Hall–Kier alpha value is -1.06. The minimum atomic E-state index is -0.157. The monoisotopic (exact) mass is 372 g/mol. The van der Waals surface area contributed by atoms with E-state index in [1.54, 1.807) is 0 Å². The predicted molar refractivity (Wildman–Crippen MR) is 108 cm³/mol. The molecule has 4 rings (SSSR count). The lowest BCUT2D eigenvalue weighted by Gasteiger charge is -2.54. The van der Waals surface area contributed by atoms with Crippen LogP contribution in [-0.2, 0) is 11.2 Å². The van der Waals surface area contributed by atoms with Gasteiger partial charge in [-0.1, -0.05) is 13.0 Å². The van der Waals surface area contributed by atoms with Gasteiger partial charge in [0.05, 0.1) is 11.7 Å². The van der Waals surface area contributed by atoms with Gasteiger partial charge in [0.1, 0.15) is 5.75 Å². The van der Waals surface area contributed by atoms with E-state index < -0.39 is 0 Å². The second-order valence-electron chi connectivity index (χ2n) is 10.5. The van der Waals surface area contributed by atoms with Crippen molar-refractivity contribution in [3.8, 4) is 5.75 Å². The Balaban J connectivity index is 1.66. The summed E-state index contributed by atoms with van der Waals surface area (Å²) in [5.74, 6) is 2.74. The van der Waals surface area contributed by atoms with Crippen molar-refractivity contribution in [1.82, 2.24) is 0 Å². The third-order valence-electron chi connectivity index (χ3n) is 7.80. The molecule has 0 aliphatic heterocycles. The van der Waals surface area contributed by atoms with Gasteiger partial charge in [-0.05, 0) is 112 Å². The molecule has 27 heavy (non-hydrogen) atoms. The van der Waals surface area contributed by atoms with E-state index in [1.165, 1.54) is 17.5 Å². The van der Waals surface area contributed by atoms with Crippen LogP contribution in [0.5, 0.6) is 5.75 Å². The molecule has 1 aromatic rings. The number of fused-ring (bicyclic) bond motifs is 5. The molecule has 1 aromatic carbocycles. The second kappa shape index (κ2) is 6.77. The molecule has 3 nitrogen and oxygen atoms in total. The third-order valence-corrected chi connectivity index (χ3v) is 7.80. The average Bonchev–Trinajstić information content (AvgIpc) is 2.88. The first kappa shape index (κ1) is 19.3. The summed E-state index contributed by atoms with van der Waals surface area (Å²) in [5, 5.41) is 20.8. The van der Waals surface area contributed by atoms with Crippen LogP contribution in [0.4, 0.5) is 0 Å². The van der Waals surface area contributed by atoms with Gasteiger partial charge >= 0.3 is 0 Å². The van der Waals surface area contributed by atoms with Crippen LogP contribution < -0.4 is 0 Å². The fourth-order valence-corrected chi connectivity index (χ4v) is 6.65. The van der Waals surface area contributed by atoms with Crippen molar-refractivity contribution < 1.29 is 14.9 Å². The number of hydrogen-bond acceptors (Lipinski definition) is 3. The maximum absolute atomic E-state index is 10.8. The summed E-state index contributed by atoms with van der Waals surface area (Å²) in [4.78, 5) is 0. The molecule has 3 heteroatoms.